The van der Waals surface area contributed by atoms with Crippen LogP contribution in [-0.2, 0) is 9.59 Å². The summed E-state index contributed by atoms with van der Waals surface area (Å²) in [5, 5.41) is 11.1. The minimum absolute atomic E-state index is 0.247. The predicted octanol–water partition coefficient (Wildman–Crippen LogP) is 2.59. The lowest BCUT2D eigenvalue weighted by atomic mass is 10.2. The summed E-state index contributed by atoms with van der Waals surface area (Å²) < 4.78 is 6.51. The molecule has 0 saturated carbocycles. The molecule has 5 nitrogen and oxygen atoms in total. The van der Waals surface area contributed by atoms with Crippen molar-refractivity contribution in [3.05, 3.63) is 28.7 Å². The van der Waals surface area contributed by atoms with Gasteiger partial charge in [-0.3, -0.25) is 9.59 Å². The predicted molar refractivity (Wildman–Crippen MR) is 78.7 cm³/mol. The van der Waals surface area contributed by atoms with Gasteiger partial charge < -0.3 is 15.2 Å². The molecule has 110 valence electrons. The second kappa shape index (κ2) is 8.58. The van der Waals surface area contributed by atoms with Gasteiger partial charge in [0.2, 0.25) is 5.91 Å². The highest BCUT2D eigenvalue weighted by molar-refractivity contribution is 9.10. The van der Waals surface area contributed by atoms with Gasteiger partial charge in [-0.05, 0) is 44.0 Å². The van der Waals surface area contributed by atoms with Crippen molar-refractivity contribution < 1.29 is 19.4 Å². The first-order valence-corrected chi connectivity index (χ1v) is 7.19. The fourth-order valence-corrected chi connectivity index (χ4v) is 1.75. The number of carboxylic acids is 1. The van der Waals surface area contributed by atoms with E-state index >= 15 is 0 Å². The Balaban J connectivity index is 2.11. The zero-order valence-corrected chi connectivity index (χ0v) is 12.9. The van der Waals surface area contributed by atoms with Crippen LogP contribution in [0.2, 0.25) is 0 Å². The number of carbonyl (C=O) groups is 2. The molecular formula is C14H18BrNO4. The van der Waals surface area contributed by atoms with Crippen LogP contribution in [0.4, 0.5) is 0 Å². The van der Waals surface area contributed by atoms with Gasteiger partial charge in [0.15, 0.2) is 0 Å². The van der Waals surface area contributed by atoms with Crippen LogP contribution in [-0.4, -0.2) is 29.6 Å². The van der Waals surface area contributed by atoms with Crippen molar-refractivity contribution in [1.29, 1.82) is 0 Å². The molecule has 0 aromatic heterocycles. The lowest BCUT2D eigenvalue weighted by Crippen LogP contribution is -2.38. The maximum absolute atomic E-state index is 11.4. The molecule has 20 heavy (non-hydrogen) atoms. The molecule has 0 radical (unpaired) electrons. The lowest BCUT2D eigenvalue weighted by molar-refractivity contribution is -0.141. The molecule has 0 spiro atoms. The monoisotopic (exact) mass is 343 g/mol. The van der Waals surface area contributed by atoms with Crippen molar-refractivity contribution in [3.8, 4) is 5.75 Å². The lowest BCUT2D eigenvalue weighted by Gasteiger charge is -2.09. The van der Waals surface area contributed by atoms with Crippen molar-refractivity contribution in [3.63, 3.8) is 0 Å². The van der Waals surface area contributed by atoms with Gasteiger partial charge >= 0.3 is 5.97 Å². The van der Waals surface area contributed by atoms with Gasteiger partial charge in [-0.1, -0.05) is 15.9 Å². The van der Waals surface area contributed by atoms with Gasteiger partial charge in [0.05, 0.1) is 6.61 Å². The third-order valence-electron chi connectivity index (χ3n) is 2.63. The van der Waals surface area contributed by atoms with Crippen LogP contribution in [0.5, 0.6) is 5.75 Å². The molecule has 0 saturated heterocycles. The largest absolute Gasteiger partial charge is 0.494 e. The summed E-state index contributed by atoms with van der Waals surface area (Å²) in [6, 6.07) is 6.68. The number of carbonyl (C=O) groups excluding carboxylic acids is 1. The fourth-order valence-electron chi connectivity index (χ4n) is 1.48. The summed E-state index contributed by atoms with van der Waals surface area (Å²) in [7, 11) is 0. The molecule has 1 aromatic carbocycles. The smallest absolute Gasteiger partial charge is 0.325 e. The summed E-state index contributed by atoms with van der Waals surface area (Å²) in [5.74, 6) is -0.488. The van der Waals surface area contributed by atoms with E-state index in [1.807, 2.05) is 24.3 Å². The average molecular weight is 344 g/mol. The Morgan fingerprint density at radius 3 is 2.55 bits per heavy atom. The highest BCUT2D eigenvalue weighted by atomic mass is 79.9. The number of nitrogens with one attached hydrogen (secondary N) is 1. The molecule has 1 atom stereocenters. The molecule has 1 rings (SSSR count). The van der Waals surface area contributed by atoms with Gasteiger partial charge in [-0.15, -0.1) is 0 Å². The third kappa shape index (κ3) is 6.56. The van der Waals surface area contributed by atoms with E-state index in [0.29, 0.717) is 19.4 Å². The maximum Gasteiger partial charge on any atom is 0.325 e. The number of carboxylic acid groups (broad SMARTS) is 1. The van der Waals surface area contributed by atoms with Gasteiger partial charge in [-0.25, -0.2) is 0 Å². The second-order valence-corrected chi connectivity index (χ2v) is 5.30. The number of amides is 1. The molecule has 6 heteroatoms. The Labute approximate surface area is 126 Å². The van der Waals surface area contributed by atoms with E-state index in [1.165, 1.54) is 6.92 Å². The molecule has 0 bridgehead atoms. The number of unbranched alkanes of at least 4 members (excludes halogenated alkanes) is 1. The van der Waals surface area contributed by atoms with Crippen molar-refractivity contribution in [2.24, 2.45) is 0 Å². The van der Waals surface area contributed by atoms with E-state index in [4.69, 9.17) is 9.84 Å². The topological polar surface area (TPSA) is 75.6 Å². The van der Waals surface area contributed by atoms with Crippen LogP contribution in [0.25, 0.3) is 0 Å². The first-order chi connectivity index (χ1) is 9.49. The molecule has 0 aliphatic carbocycles. The highest BCUT2D eigenvalue weighted by Gasteiger charge is 2.13. The van der Waals surface area contributed by atoms with Gasteiger partial charge in [0, 0.05) is 10.9 Å². The Morgan fingerprint density at radius 2 is 1.95 bits per heavy atom. The first-order valence-electron chi connectivity index (χ1n) is 6.39. The average Bonchev–Trinajstić information content (AvgIpc) is 2.40. The van der Waals surface area contributed by atoms with Crippen LogP contribution in [0.15, 0.2) is 28.7 Å². The molecule has 0 fully saturated rings. The summed E-state index contributed by atoms with van der Waals surface area (Å²) in [6.45, 7) is 1.97. The minimum Gasteiger partial charge on any atom is -0.494 e. The number of hydrogen-bond acceptors (Lipinski definition) is 3. The Bertz CT molecular complexity index is 447. The molecule has 1 amide bonds. The van der Waals surface area contributed by atoms with Crippen LogP contribution in [0, 0.1) is 0 Å². The number of rotatable bonds is 8. The van der Waals surface area contributed by atoms with E-state index in [0.717, 1.165) is 16.6 Å². The molecule has 0 unspecified atom stereocenters. The van der Waals surface area contributed by atoms with Crippen LogP contribution in [0.3, 0.4) is 0 Å². The number of benzene rings is 1. The van der Waals surface area contributed by atoms with Gasteiger partial charge in [0.1, 0.15) is 11.8 Å². The molecule has 2 N–H and O–H groups in total. The zero-order valence-electron chi connectivity index (χ0n) is 11.3. The Kier molecular flexibility index (Phi) is 7.08. The van der Waals surface area contributed by atoms with E-state index in [9.17, 15) is 9.59 Å². The quantitative estimate of drug-likeness (QED) is 0.711. The summed E-state index contributed by atoms with van der Waals surface area (Å²) in [5.41, 5.74) is 0. The van der Waals surface area contributed by atoms with E-state index in [-0.39, 0.29) is 5.91 Å². The molecule has 0 aliphatic heterocycles. The molecule has 1 aromatic rings. The summed E-state index contributed by atoms with van der Waals surface area (Å²) in [6.07, 6.45) is 1.71. The maximum atomic E-state index is 11.4. The van der Waals surface area contributed by atoms with Crippen molar-refractivity contribution in [1.82, 2.24) is 5.32 Å². The standard InChI is InChI=1S/C14H18BrNO4/c1-10(14(18)19)16-13(17)4-2-3-9-20-12-7-5-11(15)6-8-12/h5-8,10H,2-4,9H2,1H3,(H,16,17)(H,18,19)/t10-/m1/s1. The normalized spacial score (nSPS) is 11.7. The van der Waals surface area contributed by atoms with Crippen molar-refractivity contribution in [2.75, 3.05) is 6.61 Å². The summed E-state index contributed by atoms with van der Waals surface area (Å²) in [4.78, 5) is 22.0. The van der Waals surface area contributed by atoms with E-state index < -0.39 is 12.0 Å². The Hall–Kier alpha value is -1.56. The van der Waals surface area contributed by atoms with E-state index in [1.54, 1.807) is 0 Å². The SMILES string of the molecule is C[C@@H](NC(=O)CCCCOc1ccc(Br)cc1)C(=O)O. The second-order valence-electron chi connectivity index (χ2n) is 4.39. The van der Waals surface area contributed by atoms with E-state index in [2.05, 4.69) is 21.2 Å². The van der Waals surface area contributed by atoms with Crippen LogP contribution < -0.4 is 10.1 Å². The van der Waals surface area contributed by atoms with Crippen molar-refractivity contribution >= 4 is 27.8 Å². The molecular weight excluding hydrogens is 326 g/mol. The first kappa shape index (κ1) is 16.5. The van der Waals surface area contributed by atoms with Crippen LogP contribution >= 0.6 is 15.9 Å². The molecule has 0 aliphatic rings. The van der Waals surface area contributed by atoms with Crippen LogP contribution in [0.1, 0.15) is 26.2 Å². The number of ether oxygens (including phenoxy) is 1. The number of halogens is 1. The highest BCUT2D eigenvalue weighted by Crippen LogP contribution is 2.16. The minimum atomic E-state index is -1.03. The number of hydrogen-bond donors (Lipinski definition) is 2. The van der Waals surface area contributed by atoms with Gasteiger partial charge in [0.25, 0.3) is 0 Å². The third-order valence-corrected chi connectivity index (χ3v) is 3.16. The number of aliphatic carboxylic acids is 1. The van der Waals surface area contributed by atoms with Gasteiger partial charge in [-0.2, -0.15) is 0 Å². The summed E-state index contributed by atoms with van der Waals surface area (Å²) >= 11 is 3.34. The van der Waals surface area contributed by atoms with Crippen molar-refractivity contribution in [2.45, 2.75) is 32.2 Å². The fraction of sp³-hybridized carbons (Fsp3) is 0.429. The Morgan fingerprint density at radius 1 is 1.30 bits per heavy atom. The molecule has 0 heterocycles. The zero-order chi connectivity index (χ0) is 15.0.